The molecule has 126 valence electrons. The molecular weight excluding hydrogens is 276 g/mol. The summed E-state index contributed by atoms with van der Waals surface area (Å²) >= 11 is 0. The average molecular weight is 308 g/mol. The molecule has 1 amide bonds. The van der Waals surface area contributed by atoms with E-state index in [-0.39, 0.29) is 5.91 Å². The van der Waals surface area contributed by atoms with E-state index in [0.717, 1.165) is 38.4 Å². The number of carbonyl (C=O) groups is 1. The highest BCUT2D eigenvalue weighted by Crippen LogP contribution is 2.28. The number of nitrogens with zero attached hydrogens (tertiary/aromatic N) is 3. The zero-order chi connectivity index (χ0) is 16.2. The van der Waals surface area contributed by atoms with Crippen LogP contribution in [0.3, 0.4) is 0 Å². The van der Waals surface area contributed by atoms with Crippen LogP contribution in [-0.4, -0.2) is 60.9 Å². The van der Waals surface area contributed by atoms with Gasteiger partial charge in [-0.05, 0) is 38.0 Å². The third-order valence-corrected chi connectivity index (χ3v) is 4.93. The van der Waals surface area contributed by atoms with E-state index in [0.29, 0.717) is 24.4 Å². The van der Waals surface area contributed by atoms with E-state index in [4.69, 9.17) is 0 Å². The van der Waals surface area contributed by atoms with Crippen molar-refractivity contribution < 1.29 is 4.79 Å². The topological polar surface area (TPSA) is 47.9 Å². The number of guanidine groups is 1. The van der Waals surface area contributed by atoms with Gasteiger partial charge in [-0.2, -0.15) is 0 Å². The minimum Gasteiger partial charge on any atom is -0.356 e. The Morgan fingerprint density at radius 1 is 1.32 bits per heavy atom. The lowest BCUT2D eigenvalue weighted by molar-refractivity contribution is -0.134. The Morgan fingerprint density at radius 2 is 2.09 bits per heavy atom. The van der Waals surface area contributed by atoms with Crippen LogP contribution < -0.4 is 5.32 Å². The predicted molar refractivity (Wildman–Crippen MR) is 91.0 cm³/mol. The highest BCUT2D eigenvalue weighted by atomic mass is 16.2. The van der Waals surface area contributed by atoms with Gasteiger partial charge in [0.25, 0.3) is 0 Å². The molecule has 0 radical (unpaired) electrons. The summed E-state index contributed by atoms with van der Waals surface area (Å²) in [4.78, 5) is 21.0. The van der Waals surface area contributed by atoms with Crippen molar-refractivity contribution in [3.8, 4) is 0 Å². The number of likely N-dealkylation sites (tertiary alicyclic amines) is 2. The van der Waals surface area contributed by atoms with Gasteiger partial charge in [0.15, 0.2) is 5.96 Å². The van der Waals surface area contributed by atoms with E-state index < -0.39 is 0 Å². The van der Waals surface area contributed by atoms with Gasteiger partial charge in [0.2, 0.25) is 5.91 Å². The smallest absolute Gasteiger partial charge is 0.224 e. The lowest BCUT2D eigenvalue weighted by Crippen LogP contribution is -2.45. The van der Waals surface area contributed by atoms with Crippen molar-refractivity contribution >= 4 is 11.9 Å². The van der Waals surface area contributed by atoms with Crippen LogP contribution in [0.15, 0.2) is 4.99 Å². The van der Waals surface area contributed by atoms with E-state index in [2.05, 4.69) is 36.0 Å². The van der Waals surface area contributed by atoms with Crippen LogP contribution >= 0.6 is 0 Å². The minimum absolute atomic E-state index is 0.275. The molecule has 2 aliphatic heterocycles. The summed E-state index contributed by atoms with van der Waals surface area (Å²) < 4.78 is 0. The number of piperidine rings is 1. The fourth-order valence-corrected chi connectivity index (χ4v) is 3.52. The average Bonchev–Trinajstić information content (AvgIpc) is 2.84. The first kappa shape index (κ1) is 17.1. The van der Waals surface area contributed by atoms with E-state index in [1.165, 1.54) is 12.8 Å². The first-order chi connectivity index (χ1) is 10.4. The molecule has 2 fully saturated rings. The van der Waals surface area contributed by atoms with E-state index >= 15 is 0 Å². The van der Waals surface area contributed by atoms with Crippen molar-refractivity contribution in [3.63, 3.8) is 0 Å². The van der Waals surface area contributed by atoms with Crippen molar-refractivity contribution in [2.75, 3.05) is 33.2 Å². The monoisotopic (exact) mass is 308 g/mol. The fraction of sp³-hybridized carbons (Fsp3) is 0.882. The number of amides is 1. The molecule has 5 heteroatoms. The van der Waals surface area contributed by atoms with Gasteiger partial charge in [-0.15, -0.1) is 0 Å². The predicted octanol–water partition coefficient (Wildman–Crippen LogP) is 2.08. The van der Waals surface area contributed by atoms with Crippen molar-refractivity contribution in [1.29, 1.82) is 0 Å². The third kappa shape index (κ3) is 4.37. The van der Waals surface area contributed by atoms with Gasteiger partial charge in [-0.3, -0.25) is 9.79 Å². The maximum absolute atomic E-state index is 12.3. The van der Waals surface area contributed by atoms with Crippen molar-refractivity contribution in [1.82, 2.24) is 15.1 Å². The van der Waals surface area contributed by atoms with Crippen LogP contribution in [0.4, 0.5) is 0 Å². The van der Waals surface area contributed by atoms with Gasteiger partial charge in [0.05, 0.1) is 0 Å². The second kappa shape index (κ2) is 7.34. The number of hydrogen-bond donors (Lipinski definition) is 1. The zero-order valence-electron chi connectivity index (χ0n) is 14.7. The van der Waals surface area contributed by atoms with E-state index in [1.54, 1.807) is 0 Å². The maximum atomic E-state index is 12.3. The van der Waals surface area contributed by atoms with Crippen LogP contribution in [0.1, 0.15) is 52.9 Å². The molecule has 0 aromatic heterocycles. The molecule has 2 aliphatic rings. The Balaban J connectivity index is 1.76. The summed E-state index contributed by atoms with van der Waals surface area (Å²) in [7, 11) is 1.82. The Hall–Kier alpha value is -1.26. The standard InChI is InChI=1S/C17H32N4O/c1-14-7-5-6-11-21(14)15(22)8-10-19-16(18-4)20-12-9-17(2,3)13-20/h14H,5-13H2,1-4H3,(H,18,19). The molecule has 0 bridgehead atoms. The zero-order valence-corrected chi connectivity index (χ0v) is 14.7. The summed E-state index contributed by atoms with van der Waals surface area (Å²) in [5, 5.41) is 3.36. The lowest BCUT2D eigenvalue weighted by Gasteiger charge is -2.33. The summed E-state index contributed by atoms with van der Waals surface area (Å²) in [6.07, 6.45) is 5.29. The normalized spacial score (nSPS) is 25.5. The van der Waals surface area contributed by atoms with Crippen LogP contribution in [0, 0.1) is 5.41 Å². The fourth-order valence-electron chi connectivity index (χ4n) is 3.52. The number of nitrogens with one attached hydrogen (secondary N) is 1. The van der Waals surface area contributed by atoms with Gasteiger partial charge in [0, 0.05) is 45.7 Å². The van der Waals surface area contributed by atoms with Crippen LogP contribution in [0.2, 0.25) is 0 Å². The number of carbonyl (C=O) groups excluding carboxylic acids is 1. The van der Waals surface area contributed by atoms with E-state index in [9.17, 15) is 4.79 Å². The van der Waals surface area contributed by atoms with Crippen molar-refractivity contribution in [2.24, 2.45) is 10.4 Å². The molecule has 2 rings (SSSR count). The first-order valence-corrected chi connectivity index (χ1v) is 8.68. The molecule has 0 aromatic rings. The highest BCUT2D eigenvalue weighted by molar-refractivity contribution is 5.81. The molecule has 1 atom stereocenters. The SMILES string of the molecule is CN=C(NCCC(=O)N1CCCCC1C)N1CCC(C)(C)C1. The lowest BCUT2D eigenvalue weighted by atomic mass is 9.93. The molecule has 0 aliphatic carbocycles. The number of rotatable bonds is 3. The summed E-state index contributed by atoms with van der Waals surface area (Å²) in [6, 6.07) is 0.403. The molecule has 0 saturated carbocycles. The molecule has 2 heterocycles. The molecule has 5 nitrogen and oxygen atoms in total. The Bertz CT molecular complexity index is 419. The minimum atomic E-state index is 0.275. The quantitative estimate of drug-likeness (QED) is 0.641. The molecule has 0 aromatic carbocycles. The summed E-state index contributed by atoms with van der Waals surface area (Å²) in [6.45, 7) is 10.4. The second-order valence-corrected chi connectivity index (χ2v) is 7.49. The highest BCUT2D eigenvalue weighted by Gasteiger charge is 2.31. The van der Waals surface area contributed by atoms with Gasteiger partial charge in [-0.1, -0.05) is 13.8 Å². The molecule has 2 saturated heterocycles. The van der Waals surface area contributed by atoms with Crippen LogP contribution in [0.25, 0.3) is 0 Å². The van der Waals surface area contributed by atoms with Crippen molar-refractivity contribution in [2.45, 2.75) is 58.9 Å². The summed E-state index contributed by atoms with van der Waals surface area (Å²) in [5.41, 5.74) is 0.358. The molecule has 1 N–H and O–H groups in total. The molecule has 22 heavy (non-hydrogen) atoms. The van der Waals surface area contributed by atoms with Gasteiger partial charge in [0.1, 0.15) is 0 Å². The molecule has 1 unspecified atom stereocenters. The van der Waals surface area contributed by atoms with Gasteiger partial charge >= 0.3 is 0 Å². The van der Waals surface area contributed by atoms with Gasteiger partial charge < -0.3 is 15.1 Å². The van der Waals surface area contributed by atoms with Crippen LogP contribution in [-0.2, 0) is 4.79 Å². The maximum Gasteiger partial charge on any atom is 0.224 e. The summed E-state index contributed by atoms with van der Waals surface area (Å²) in [5.74, 6) is 1.21. The Morgan fingerprint density at radius 3 is 2.68 bits per heavy atom. The first-order valence-electron chi connectivity index (χ1n) is 8.68. The van der Waals surface area contributed by atoms with E-state index in [1.807, 2.05) is 11.9 Å². The van der Waals surface area contributed by atoms with Gasteiger partial charge in [-0.25, -0.2) is 0 Å². The number of hydrogen-bond acceptors (Lipinski definition) is 2. The third-order valence-electron chi connectivity index (χ3n) is 4.93. The Labute approximate surface area is 135 Å². The molecule has 0 spiro atoms. The number of aliphatic imine (C=N–C) groups is 1. The second-order valence-electron chi connectivity index (χ2n) is 7.49. The van der Waals surface area contributed by atoms with Crippen LogP contribution in [0.5, 0.6) is 0 Å². The largest absolute Gasteiger partial charge is 0.356 e. The van der Waals surface area contributed by atoms with Crippen molar-refractivity contribution in [3.05, 3.63) is 0 Å². The Kier molecular flexibility index (Phi) is 5.70. The molecular formula is C17H32N4O.